The highest BCUT2D eigenvalue weighted by atomic mass is 79.9. The molecule has 0 radical (unpaired) electrons. The lowest BCUT2D eigenvalue weighted by Crippen LogP contribution is -2.45. The van der Waals surface area contributed by atoms with E-state index in [9.17, 15) is 17.6 Å². The highest BCUT2D eigenvalue weighted by Crippen LogP contribution is 2.33. The van der Waals surface area contributed by atoms with Crippen LogP contribution in [0.1, 0.15) is 24.4 Å². The highest BCUT2D eigenvalue weighted by molar-refractivity contribution is 9.10. The molecular formula is C14H18BrClF4N2. The maximum absolute atomic E-state index is 13.7. The lowest BCUT2D eigenvalue weighted by molar-refractivity contribution is -0.138. The van der Waals surface area contributed by atoms with Gasteiger partial charge in [0.05, 0.1) is 4.47 Å². The molecule has 1 aliphatic heterocycles. The molecule has 0 bridgehead atoms. The summed E-state index contributed by atoms with van der Waals surface area (Å²) in [4.78, 5) is 1.99. The van der Waals surface area contributed by atoms with Gasteiger partial charge in [0.25, 0.3) is 0 Å². The molecule has 1 aromatic carbocycles. The fourth-order valence-corrected chi connectivity index (χ4v) is 2.82. The summed E-state index contributed by atoms with van der Waals surface area (Å²) in [7, 11) is 0. The Morgan fingerprint density at radius 3 is 2.41 bits per heavy atom. The van der Waals surface area contributed by atoms with Gasteiger partial charge in [-0.3, -0.25) is 4.90 Å². The van der Waals surface area contributed by atoms with Crippen molar-refractivity contribution in [1.29, 1.82) is 0 Å². The minimum absolute atomic E-state index is 0. The standard InChI is InChI=1S/C14H17BrF4N2.ClH/c15-11-2-1-10(9-12(11)16)13(3-4-14(17,18)19)21-7-5-20-6-8-21;/h1-2,9,13,20H,3-8H2;1H/t13-;/m0./s1. The summed E-state index contributed by atoms with van der Waals surface area (Å²) in [6.45, 7) is 2.81. The summed E-state index contributed by atoms with van der Waals surface area (Å²) >= 11 is 3.07. The number of hydrogen-bond donors (Lipinski definition) is 1. The van der Waals surface area contributed by atoms with Crippen LogP contribution in [-0.2, 0) is 0 Å². The van der Waals surface area contributed by atoms with E-state index in [2.05, 4.69) is 21.2 Å². The normalized spacial score (nSPS) is 17.9. The number of halogens is 6. The van der Waals surface area contributed by atoms with Crippen molar-refractivity contribution < 1.29 is 17.6 Å². The molecule has 0 aliphatic carbocycles. The van der Waals surface area contributed by atoms with Crippen molar-refractivity contribution in [1.82, 2.24) is 10.2 Å². The van der Waals surface area contributed by atoms with Crippen LogP contribution in [0.3, 0.4) is 0 Å². The number of nitrogens with one attached hydrogen (secondary N) is 1. The molecule has 0 aromatic heterocycles. The van der Waals surface area contributed by atoms with Gasteiger partial charge in [0.15, 0.2) is 0 Å². The first kappa shape index (κ1) is 19.7. The Hall–Kier alpha value is -0.370. The van der Waals surface area contributed by atoms with Crippen molar-refractivity contribution >= 4 is 28.3 Å². The van der Waals surface area contributed by atoms with E-state index in [-0.39, 0.29) is 18.8 Å². The fourth-order valence-electron chi connectivity index (χ4n) is 2.57. The molecule has 0 unspecified atom stereocenters. The third kappa shape index (κ3) is 5.68. The summed E-state index contributed by atoms with van der Waals surface area (Å²) in [6, 6.07) is 4.16. The van der Waals surface area contributed by atoms with Gasteiger partial charge in [-0.1, -0.05) is 6.07 Å². The minimum atomic E-state index is -4.19. The van der Waals surface area contributed by atoms with Crippen molar-refractivity contribution in [3.05, 3.63) is 34.1 Å². The summed E-state index contributed by atoms with van der Waals surface area (Å²) < 4.78 is 51.6. The maximum atomic E-state index is 13.7. The van der Waals surface area contributed by atoms with Crippen molar-refractivity contribution in [2.45, 2.75) is 25.1 Å². The van der Waals surface area contributed by atoms with Gasteiger partial charge in [-0.05, 0) is 40.0 Å². The van der Waals surface area contributed by atoms with Gasteiger partial charge in [-0.25, -0.2) is 4.39 Å². The number of nitrogens with zero attached hydrogens (tertiary/aromatic N) is 1. The molecule has 1 fully saturated rings. The summed E-state index contributed by atoms with van der Waals surface area (Å²) in [6.07, 6.45) is -5.11. The van der Waals surface area contributed by atoms with Crippen LogP contribution in [0.5, 0.6) is 0 Å². The van der Waals surface area contributed by atoms with E-state index in [1.165, 1.54) is 6.07 Å². The summed E-state index contributed by atoms with van der Waals surface area (Å²) in [5.41, 5.74) is 0.599. The van der Waals surface area contributed by atoms with Crippen LogP contribution in [-0.4, -0.2) is 37.3 Å². The molecular weight excluding hydrogens is 388 g/mol. The first-order chi connectivity index (χ1) is 9.87. The monoisotopic (exact) mass is 404 g/mol. The molecule has 1 saturated heterocycles. The Labute approximate surface area is 141 Å². The van der Waals surface area contributed by atoms with Gasteiger partial charge in [-0.15, -0.1) is 12.4 Å². The highest BCUT2D eigenvalue weighted by Gasteiger charge is 2.31. The van der Waals surface area contributed by atoms with Gasteiger partial charge in [0, 0.05) is 38.6 Å². The molecule has 1 heterocycles. The molecule has 1 aromatic rings. The zero-order valence-corrected chi connectivity index (χ0v) is 14.2. The van der Waals surface area contributed by atoms with E-state index in [0.717, 1.165) is 13.1 Å². The largest absolute Gasteiger partial charge is 0.389 e. The smallest absolute Gasteiger partial charge is 0.314 e. The Morgan fingerprint density at radius 1 is 1.23 bits per heavy atom. The van der Waals surface area contributed by atoms with Crippen LogP contribution in [0.25, 0.3) is 0 Å². The average molecular weight is 406 g/mol. The molecule has 1 atom stereocenters. The van der Waals surface area contributed by atoms with E-state index >= 15 is 0 Å². The van der Waals surface area contributed by atoms with Gasteiger partial charge in [0.1, 0.15) is 5.82 Å². The van der Waals surface area contributed by atoms with Crippen LogP contribution < -0.4 is 5.32 Å². The zero-order valence-electron chi connectivity index (χ0n) is 11.8. The molecule has 2 rings (SSSR count). The molecule has 2 nitrogen and oxygen atoms in total. The molecule has 0 spiro atoms. The molecule has 126 valence electrons. The maximum Gasteiger partial charge on any atom is 0.389 e. The van der Waals surface area contributed by atoms with Crippen LogP contribution in [0.15, 0.2) is 22.7 Å². The molecule has 0 saturated carbocycles. The average Bonchev–Trinajstić information content (AvgIpc) is 2.43. The molecule has 0 amide bonds. The van der Waals surface area contributed by atoms with Crippen LogP contribution in [0.2, 0.25) is 0 Å². The number of rotatable bonds is 4. The first-order valence-corrected chi connectivity index (χ1v) is 7.62. The fraction of sp³-hybridized carbons (Fsp3) is 0.571. The predicted molar refractivity (Wildman–Crippen MR) is 83.8 cm³/mol. The first-order valence-electron chi connectivity index (χ1n) is 6.83. The van der Waals surface area contributed by atoms with E-state index in [4.69, 9.17) is 0 Å². The lowest BCUT2D eigenvalue weighted by atomic mass is 9.99. The summed E-state index contributed by atoms with van der Waals surface area (Å²) in [5.74, 6) is -0.445. The van der Waals surface area contributed by atoms with Crippen molar-refractivity contribution in [3.8, 4) is 0 Å². The second-order valence-electron chi connectivity index (χ2n) is 5.13. The van der Waals surface area contributed by atoms with Gasteiger partial charge < -0.3 is 5.32 Å². The third-order valence-corrected chi connectivity index (χ3v) is 4.27. The van der Waals surface area contributed by atoms with Crippen LogP contribution in [0, 0.1) is 5.82 Å². The van der Waals surface area contributed by atoms with Gasteiger partial charge in [0.2, 0.25) is 0 Å². The lowest BCUT2D eigenvalue weighted by Gasteiger charge is -2.35. The SMILES string of the molecule is Cl.Fc1cc([C@H](CCC(F)(F)F)N2CCNCC2)ccc1Br. The zero-order chi connectivity index (χ0) is 15.5. The molecule has 1 aliphatic rings. The van der Waals surface area contributed by atoms with E-state index in [1.54, 1.807) is 12.1 Å². The third-order valence-electron chi connectivity index (χ3n) is 3.62. The van der Waals surface area contributed by atoms with Gasteiger partial charge in [-0.2, -0.15) is 13.2 Å². The van der Waals surface area contributed by atoms with Crippen molar-refractivity contribution in [2.24, 2.45) is 0 Å². The van der Waals surface area contributed by atoms with Crippen molar-refractivity contribution in [2.75, 3.05) is 26.2 Å². The number of benzene rings is 1. The van der Waals surface area contributed by atoms with E-state index in [1.807, 2.05) is 4.90 Å². The Kier molecular flexibility index (Phi) is 7.58. The molecule has 1 N–H and O–H groups in total. The summed E-state index contributed by atoms with van der Waals surface area (Å²) in [5, 5.41) is 3.17. The van der Waals surface area contributed by atoms with E-state index < -0.39 is 24.5 Å². The number of alkyl halides is 3. The van der Waals surface area contributed by atoms with Crippen molar-refractivity contribution in [3.63, 3.8) is 0 Å². The quantitative estimate of drug-likeness (QED) is 0.752. The Balaban J connectivity index is 0.00000242. The van der Waals surface area contributed by atoms with Crippen LogP contribution in [0.4, 0.5) is 17.6 Å². The van der Waals surface area contributed by atoms with Gasteiger partial charge >= 0.3 is 6.18 Å². The Bertz CT molecular complexity index is 478. The Morgan fingerprint density at radius 2 is 1.86 bits per heavy atom. The van der Waals surface area contributed by atoms with Crippen LogP contribution >= 0.6 is 28.3 Å². The molecule has 22 heavy (non-hydrogen) atoms. The minimum Gasteiger partial charge on any atom is -0.314 e. The molecule has 8 heteroatoms. The number of hydrogen-bond acceptors (Lipinski definition) is 2. The second-order valence-corrected chi connectivity index (χ2v) is 5.98. The second kappa shape index (κ2) is 8.47. The predicted octanol–water partition coefficient (Wildman–Crippen LogP) is 4.30. The topological polar surface area (TPSA) is 15.3 Å². The number of piperazine rings is 1. The van der Waals surface area contributed by atoms with E-state index in [0.29, 0.717) is 23.1 Å².